The van der Waals surface area contributed by atoms with Gasteiger partial charge in [0.25, 0.3) is 0 Å². The molecule has 4 atom stereocenters. The van der Waals surface area contributed by atoms with Gasteiger partial charge in [-0.15, -0.1) is 0 Å². The maximum Gasteiger partial charge on any atom is 0.234 e. The average molecular weight is 609 g/mol. The Kier molecular flexibility index (Phi) is 28.2. The fourth-order valence-corrected chi connectivity index (χ4v) is 6.76. The lowest BCUT2D eigenvalue weighted by Gasteiger charge is -2.37. The molecule has 4 heteroatoms. The minimum atomic E-state index is 0.626. The van der Waals surface area contributed by atoms with Gasteiger partial charge < -0.3 is 0 Å². The molecule has 1 aliphatic rings. The molecular formula is C40H68N2O2. The summed E-state index contributed by atoms with van der Waals surface area (Å²) >= 11 is 0. The number of isocyanates is 2. The van der Waals surface area contributed by atoms with Gasteiger partial charge in [0.1, 0.15) is 0 Å². The summed E-state index contributed by atoms with van der Waals surface area (Å²) in [6, 6.07) is 0. The Hall–Kier alpha value is -2.02. The molecule has 0 spiro atoms. The summed E-state index contributed by atoms with van der Waals surface area (Å²) < 4.78 is 0. The summed E-state index contributed by atoms with van der Waals surface area (Å²) in [6.45, 7) is 5.87. The van der Waals surface area contributed by atoms with Gasteiger partial charge in [-0.2, -0.15) is 0 Å². The Labute approximate surface area is 272 Å². The molecule has 0 aromatic carbocycles. The van der Waals surface area contributed by atoms with Crippen molar-refractivity contribution in [1.29, 1.82) is 0 Å². The number of carbonyl (C=O) groups excluding carboxylic acids is 2. The Morgan fingerprint density at radius 2 is 0.864 bits per heavy atom. The van der Waals surface area contributed by atoms with Gasteiger partial charge in [-0.25, -0.2) is 19.6 Å². The fourth-order valence-electron chi connectivity index (χ4n) is 6.76. The van der Waals surface area contributed by atoms with Crippen molar-refractivity contribution in [2.75, 3.05) is 13.1 Å². The molecule has 4 nitrogen and oxygen atoms in total. The van der Waals surface area contributed by atoms with Gasteiger partial charge in [0.2, 0.25) is 12.2 Å². The smallest absolute Gasteiger partial charge is 0.211 e. The molecule has 0 fully saturated rings. The van der Waals surface area contributed by atoms with Crippen LogP contribution in [0.2, 0.25) is 0 Å². The molecule has 0 saturated carbocycles. The second-order valence-electron chi connectivity index (χ2n) is 13.2. The van der Waals surface area contributed by atoms with E-state index in [1.54, 1.807) is 12.2 Å². The first-order chi connectivity index (χ1) is 21.8. The molecule has 0 aromatic heterocycles. The third-order valence-electron chi connectivity index (χ3n) is 9.45. The topological polar surface area (TPSA) is 58.9 Å². The fraction of sp³-hybridized carbons (Fsp3) is 0.800. The molecule has 0 aromatic rings. The highest BCUT2D eigenvalue weighted by atomic mass is 16.1. The van der Waals surface area contributed by atoms with Crippen molar-refractivity contribution < 1.29 is 9.59 Å². The summed E-state index contributed by atoms with van der Waals surface area (Å²) in [6.07, 6.45) is 49.2. The van der Waals surface area contributed by atoms with Crippen LogP contribution in [0.5, 0.6) is 0 Å². The summed E-state index contributed by atoms with van der Waals surface area (Å²) in [5.41, 5.74) is 0. The van der Waals surface area contributed by atoms with E-state index in [1.807, 2.05) is 0 Å². The van der Waals surface area contributed by atoms with Crippen LogP contribution in [0.3, 0.4) is 0 Å². The predicted molar refractivity (Wildman–Crippen MR) is 190 cm³/mol. The third kappa shape index (κ3) is 21.6. The molecule has 0 amide bonds. The first kappa shape index (κ1) is 40.0. The maximum atomic E-state index is 10.2. The van der Waals surface area contributed by atoms with Gasteiger partial charge in [0.15, 0.2) is 0 Å². The second-order valence-corrected chi connectivity index (χ2v) is 13.2. The maximum absolute atomic E-state index is 10.2. The quantitative estimate of drug-likeness (QED) is 0.0352. The molecule has 0 heterocycles. The van der Waals surface area contributed by atoms with Crippen molar-refractivity contribution in [1.82, 2.24) is 0 Å². The molecule has 0 radical (unpaired) electrons. The van der Waals surface area contributed by atoms with Crippen molar-refractivity contribution in [2.45, 2.75) is 168 Å². The average Bonchev–Trinajstić information content (AvgIpc) is 3.03. The standard InChI is InChI=1S/C40H68N2O2/c1-3-5-7-15-23-29-39-37(27-21-17-11-9-13-19-25-33-41-35-43)31-32-38(40(39)30-24-16-8-6-4-2)28-22-18-12-10-14-20-26-34-42-36-44/h23-24,29-32,37-40H,3-22,25-28,33-34H2,1-2H3. The molecule has 1 aliphatic carbocycles. The SMILES string of the molecule is CCCCCC=CC1C(CCCCCCCCCN=C=O)C=CC(CCCCCCCCCN=C=O)C1C=CCCCCC. The van der Waals surface area contributed by atoms with E-state index in [9.17, 15) is 9.59 Å². The van der Waals surface area contributed by atoms with E-state index in [0.29, 0.717) is 36.8 Å². The van der Waals surface area contributed by atoms with Gasteiger partial charge >= 0.3 is 0 Å². The Bertz CT molecular complexity index is 766. The Balaban J connectivity index is 2.72. The van der Waals surface area contributed by atoms with Crippen LogP contribution in [-0.4, -0.2) is 25.2 Å². The first-order valence-corrected chi connectivity index (χ1v) is 18.9. The summed E-state index contributed by atoms with van der Waals surface area (Å²) in [4.78, 5) is 27.7. The van der Waals surface area contributed by atoms with Gasteiger partial charge in [-0.05, 0) is 75.0 Å². The third-order valence-corrected chi connectivity index (χ3v) is 9.45. The zero-order chi connectivity index (χ0) is 31.8. The molecule has 1 rings (SSSR count). The molecule has 250 valence electrons. The number of hydrogen-bond acceptors (Lipinski definition) is 4. The van der Waals surface area contributed by atoms with Crippen LogP contribution in [0, 0.1) is 23.7 Å². The summed E-state index contributed by atoms with van der Waals surface area (Å²) in [5.74, 6) is 2.57. The minimum absolute atomic E-state index is 0.626. The van der Waals surface area contributed by atoms with Gasteiger partial charge in [-0.3, -0.25) is 0 Å². The lowest BCUT2D eigenvalue weighted by atomic mass is 9.67. The highest BCUT2D eigenvalue weighted by molar-refractivity contribution is 5.32. The van der Waals surface area contributed by atoms with E-state index >= 15 is 0 Å². The molecular weight excluding hydrogens is 540 g/mol. The molecule has 4 unspecified atom stereocenters. The number of rotatable bonds is 30. The number of allylic oxidation sites excluding steroid dienone is 6. The predicted octanol–water partition coefficient (Wildman–Crippen LogP) is 12.2. The summed E-state index contributed by atoms with van der Waals surface area (Å²) in [7, 11) is 0. The second kappa shape index (κ2) is 31.0. The van der Waals surface area contributed by atoms with Crippen LogP contribution in [0.15, 0.2) is 46.4 Å². The largest absolute Gasteiger partial charge is 0.234 e. The molecule has 0 aliphatic heterocycles. The highest BCUT2D eigenvalue weighted by Crippen LogP contribution is 2.41. The highest BCUT2D eigenvalue weighted by Gasteiger charge is 2.32. The van der Waals surface area contributed by atoms with E-state index in [-0.39, 0.29) is 0 Å². The van der Waals surface area contributed by atoms with E-state index in [1.165, 1.54) is 141 Å². The van der Waals surface area contributed by atoms with E-state index in [2.05, 4.69) is 60.3 Å². The van der Waals surface area contributed by atoms with Crippen molar-refractivity contribution in [3.05, 3.63) is 36.5 Å². The normalized spacial score (nSPS) is 19.9. The zero-order valence-electron chi connectivity index (χ0n) is 28.9. The summed E-state index contributed by atoms with van der Waals surface area (Å²) in [5, 5.41) is 0. The van der Waals surface area contributed by atoms with Gasteiger partial charge in [-0.1, -0.05) is 153 Å². The Morgan fingerprint density at radius 3 is 1.23 bits per heavy atom. The lowest BCUT2D eigenvalue weighted by Crippen LogP contribution is -2.29. The monoisotopic (exact) mass is 609 g/mol. The zero-order valence-corrected chi connectivity index (χ0v) is 28.9. The van der Waals surface area contributed by atoms with E-state index < -0.39 is 0 Å². The Morgan fingerprint density at radius 1 is 0.500 bits per heavy atom. The van der Waals surface area contributed by atoms with Crippen LogP contribution >= 0.6 is 0 Å². The van der Waals surface area contributed by atoms with Crippen LogP contribution in [-0.2, 0) is 9.59 Å². The first-order valence-electron chi connectivity index (χ1n) is 18.9. The molecule has 0 saturated heterocycles. The van der Waals surface area contributed by atoms with Crippen molar-refractivity contribution >= 4 is 12.2 Å². The van der Waals surface area contributed by atoms with Crippen LogP contribution in [0.1, 0.15) is 168 Å². The van der Waals surface area contributed by atoms with E-state index in [0.717, 1.165) is 12.8 Å². The van der Waals surface area contributed by atoms with Crippen LogP contribution < -0.4 is 0 Å². The number of nitrogens with zero attached hydrogens (tertiary/aromatic N) is 2. The lowest BCUT2D eigenvalue weighted by molar-refractivity contribution is 0.257. The molecule has 0 bridgehead atoms. The van der Waals surface area contributed by atoms with Crippen LogP contribution in [0.25, 0.3) is 0 Å². The van der Waals surface area contributed by atoms with Crippen molar-refractivity contribution in [2.24, 2.45) is 33.7 Å². The van der Waals surface area contributed by atoms with Gasteiger partial charge in [0.05, 0.1) is 13.1 Å². The van der Waals surface area contributed by atoms with Crippen LogP contribution in [0.4, 0.5) is 0 Å². The number of unbranched alkanes of at least 4 members (excludes halogenated alkanes) is 18. The molecule has 44 heavy (non-hydrogen) atoms. The minimum Gasteiger partial charge on any atom is -0.211 e. The van der Waals surface area contributed by atoms with Crippen molar-refractivity contribution in [3.8, 4) is 0 Å². The number of hydrogen-bond donors (Lipinski definition) is 0. The van der Waals surface area contributed by atoms with Crippen molar-refractivity contribution in [3.63, 3.8) is 0 Å². The van der Waals surface area contributed by atoms with E-state index in [4.69, 9.17) is 0 Å². The molecule has 0 N–H and O–H groups in total. The number of aliphatic imine (C=N–C) groups is 2. The van der Waals surface area contributed by atoms with Gasteiger partial charge in [0, 0.05) is 0 Å².